The highest BCUT2D eigenvalue weighted by atomic mass is 19.2. The number of nitrogens with one attached hydrogen (secondary N) is 2. The van der Waals surface area contributed by atoms with E-state index in [0.717, 1.165) is 12.1 Å². The Kier molecular flexibility index (Phi) is 5.27. The minimum Gasteiger partial charge on any atom is -0.386 e. The normalized spacial score (nSPS) is 13.2. The number of hydrogen-bond acceptors (Lipinski definition) is 3. The van der Waals surface area contributed by atoms with Crippen molar-refractivity contribution in [3.8, 4) is 11.3 Å². The molecule has 0 aliphatic carbocycles. The molecule has 0 spiro atoms. The summed E-state index contributed by atoms with van der Waals surface area (Å²) in [6.45, 7) is 1.53. The van der Waals surface area contributed by atoms with Crippen LogP contribution in [-0.4, -0.2) is 27.3 Å². The van der Waals surface area contributed by atoms with Crippen LogP contribution in [0.25, 0.3) is 11.3 Å². The highest BCUT2D eigenvalue weighted by Crippen LogP contribution is 2.23. The van der Waals surface area contributed by atoms with Gasteiger partial charge < -0.3 is 10.4 Å². The monoisotopic (exact) mass is 375 g/mol. The summed E-state index contributed by atoms with van der Waals surface area (Å²) in [5.74, 6) is -3.05. The summed E-state index contributed by atoms with van der Waals surface area (Å²) >= 11 is 0. The van der Waals surface area contributed by atoms with Gasteiger partial charge in [-0.1, -0.05) is 6.07 Å². The van der Waals surface area contributed by atoms with E-state index in [4.69, 9.17) is 0 Å². The molecule has 5 nitrogen and oxygen atoms in total. The van der Waals surface area contributed by atoms with Crippen LogP contribution in [0.5, 0.6) is 0 Å². The number of aliphatic hydroxyl groups excluding tert-OH is 1. The van der Waals surface area contributed by atoms with Crippen LogP contribution in [-0.2, 0) is 0 Å². The Balaban J connectivity index is 1.76. The number of carbonyl (C=O) groups is 1. The number of aromatic amines is 1. The van der Waals surface area contributed by atoms with Crippen molar-refractivity contribution in [2.24, 2.45) is 0 Å². The van der Waals surface area contributed by atoms with E-state index < -0.39 is 35.5 Å². The second kappa shape index (κ2) is 7.63. The van der Waals surface area contributed by atoms with Crippen molar-refractivity contribution in [3.05, 3.63) is 77.2 Å². The van der Waals surface area contributed by atoms with Crippen LogP contribution < -0.4 is 5.32 Å². The zero-order valence-electron chi connectivity index (χ0n) is 14.2. The van der Waals surface area contributed by atoms with E-state index in [1.165, 1.54) is 43.5 Å². The smallest absolute Gasteiger partial charge is 0.255 e. The molecule has 27 heavy (non-hydrogen) atoms. The Morgan fingerprint density at radius 2 is 1.81 bits per heavy atom. The number of benzene rings is 2. The van der Waals surface area contributed by atoms with Crippen LogP contribution in [0.4, 0.5) is 13.2 Å². The summed E-state index contributed by atoms with van der Waals surface area (Å²) in [6, 6.07) is 7.75. The second-order valence-corrected chi connectivity index (χ2v) is 6.05. The zero-order valence-corrected chi connectivity index (χ0v) is 14.2. The van der Waals surface area contributed by atoms with Gasteiger partial charge in [-0.3, -0.25) is 9.89 Å². The molecule has 3 aromatic rings. The minimum absolute atomic E-state index is 0.132. The molecule has 2 unspecified atom stereocenters. The molecule has 0 bridgehead atoms. The van der Waals surface area contributed by atoms with E-state index in [-0.39, 0.29) is 11.1 Å². The highest BCUT2D eigenvalue weighted by molar-refractivity contribution is 5.99. The third kappa shape index (κ3) is 4.01. The number of amides is 1. The molecule has 8 heteroatoms. The lowest BCUT2D eigenvalue weighted by Gasteiger charge is -2.20. The van der Waals surface area contributed by atoms with Crippen LogP contribution in [0.1, 0.15) is 28.9 Å². The van der Waals surface area contributed by atoms with Crippen molar-refractivity contribution >= 4 is 5.91 Å². The lowest BCUT2D eigenvalue weighted by atomic mass is 10.0. The number of halogens is 3. The number of carbonyl (C=O) groups excluding carboxylic acids is 1. The number of hydrogen-bond donors (Lipinski definition) is 3. The first kappa shape index (κ1) is 18.7. The van der Waals surface area contributed by atoms with Gasteiger partial charge in [0.1, 0.15) is 5.82 Å². The zero-order chi connectivity index (χ0) is 19.6. The van der Waals surface area contributed by atoms with Gasteiger partial charge in [0.05, 0.1) is 29.6 Å². The Morgan fingerprint density at radius 1 is 1.11 bits per heavy atom. The Bertz CT molecular complexity index is 957. The molecule has 0 saturated carbocycles. The highest BCUT2D eigenvalue weighted by Gasteiger charge is 2.23. The fourth-order valence-electron chi connectivity index (χ4n) is 2.64. The molecule has 140 valence electrons. The number of nitrogens with zero attached hydrogens (tertiary/aromatic N) is 1. The van der Waals surface area contributed by atoms with Gasteiger partial charge in [0.25, 0.3) is 5.91 Å². The first-order valence-electron chi connectivity index (χ1n) is 8.10. The summed E-state index contributed by atoms with van der Waals surface area (Å²) in [6.07, 6.45) is 0.0650. The predicted octanol–water partition coefficient (Wildman–Crippen LogP) is 3.35. The van der Waals surface area contributed by atoms with Crippen molar-refractivity contribution in [2.75, 3.05) is 0 Å². The number of rotatable bonds is 5. The van der Waals surface area contributed by atoms with E-state index in [2.05, 4.69) is 15.5 Å². The first-order chi connectivity index (χ1) is 12.9. The minimum atomic E-state index is -1.25. The van der Waals surface area contributed by atoms with E-state index in [1.807, 2.05) is 0 Å². The molecule has 3 N–H and O–H groups in total. The summed E-state index contributed by atoms with van der Waals surface area (Å²) < 4.78 is 39.5. The molecule has 1 heterocycles. The molecule has 0 aliphatic rings. The number of aromatic nitrogens is 2. The molecule has 2 atom stereocenters. The molecular formula is C19H16F3N3O2. The van der Waals surface area contributed by atoms with Gasteiger partial charge >= 0.3 is 0 Å². The third-order valence-electron chi connectivity index (χ3n) is 4.13. The lowest BCUT2D eigenvalue weighted by Crippen LogP contribution is -2.37. The molecule has 0 radical (unpaired) electrons. The molecule has 1 aromatic heterocycles. The molecule has 1 amide bonds. The Labute approximate surface area is 152 Å². The summed E-state index contributed by atoms with van der Waals surface area (Å²) in [5.41, 5.74) is 1.29. The van der Waals surface area contributed by atoms with Gasteiger partial charge in [0, 0.05) is 5.56 Å². The van der Waals surface area contributed by atoms with Crippen LogP contribution in [0.2, 0.25) is 0 Å². The lowest BCUT2D eigenvalue weighted by molar-refractivity contribution is 0.0852. The van der Waals surface area contributed by atoms with Crippen molar-refractivity contribution in [1.82, 2.24) is 15.5 Å². The third-order valence-corrected chi connectivity index (χ3v) is 4.13. The van der Waals surface area contributed by atoms with Gasteiger partial charge in [-0.2, -0.15) is 5.10 Å². The average molecular weight is 375 g/mol. The van der Waals surface area contributed by atoms with E-state index in [9.17, 15) is 23.1 Å². The van der Waals surface area contributed by atoms with Gasteiger partial charge in [0.15, 0.2) is 11.6 Å². The fourth-order valence-corrected chi connectivity index (χ4v) is 2.64. The van der Waals surface area contributed by atoms with Crippen molar-refractivity contribution in [3.63, 3.8) is 0 Å². The first-order valence-corrected chi connectivity index (χ1v) is 8.10. The average Bonchev–Trinajstić information content (AvgIpc) is 3.14. The largest absolute Gasteiger partial charge is 0.386 e. The van der Waals surface area contributed by atoms with Crippen molar-refractivity contribution < 1.29 is 23.1 Å². The molecule has 0 fully saturated rings. The predicted molar refractivity (Wildman–Crippen MR) is 92.2 cm³/mol. The van der Waals surface area contributed by atoms with Gasteiger partial charge in [0.2, 0.25) is 0 Å². The maximum atomic E-state index is 13.3. The molecular weight excluding hydrogens is 359 g/mol. The van der Waals surface area contributed by atoms with Gasteiger partial charge in [-0.15, -0.1) is 0 Å². The molecule has 2 aromatic carbocycles. The summed E-state index contributed by atoms with van der Waals surface area (Å²) in [7, 11) is 0. The Hall–Kier alpha value is -3.13. The van der Waals surface area contributed by atoms with Crippen LogP contribution in [0.3, 0.4) is 0 Å². The van der Waals surface area contributed by atoms with Crippen LogP contribution >= 0.6 is 0 Å². The molecule has 0 aliphatic heterocycles. The van der Waals surface area contributed by atoms with E-state index in [0.29, 0.717) is 11.3 Å². The topological polar surface area (TPSA) is 78.0 Å². The van der Waals surface area contributed by atoms with Crippen molar-refractivity contribution in [2.45, 2.75) is 19.1 Å². The molecule has 3 rings (SSSR count). The van der Waals surface area contributed by atoms with Crippen LogP contribution in [0, 0.1) is 17.5 Å². The summed E-state index contributed by atoms with van der Waals surface area (Å²) in [5, 5.41) is 19.4. The van der Waals surface area contributed by atoms with Gasteiger partial charge in [-0.05, 0) is 48.9 Å². The standard InChI is InChI=1S/C19H16F3N3O2/c1-10(18(26)12-4-7-15(21)16(22)8-12)24-19(27)14-9-23-25-17(14)11-2-5-13(20)6-3-11/h2-10,18,26H,1H3,(H,23,25)(H,24,27). The number of aliphatic hydroxyl groups is 1. The van der Waals surface area contributed by atoms with E-state index >= 15 is 0 Å². The van der Waals surface area contributed by atoms with Crippen molar-refractivity contribution in [1.29, 1.82) is 0 Å². The second-order valence-electron chi connectivity index (χ2n) is 6.05. The summed E-state index contributed by atoms with van der Waals surface area (Å²) in [4.78, 5) is 12.5. The maximum absolute atomic E-state index is 13.3. The Morgan fingerprint density at radius 3 is 2.48 bits per heavy atom. The number of H-pyrrole nitrogens is 1. The SMILES string of the molecule is CC(NC(=O)c1cn[nH]c1-c1ccc(F)cc1)C(O)c1ccc(F)c(F)c1. The van der Waals surface area contributed by atoms with Gasteiger partial charge in [-0.25, -0.2) is 13.2 Å². The quantitative estimate of drug-likeness (QED) is 0.640. The molecule has 0 saturated heterocycles. The van der Waals surface area contributed by atoms with Crippen LogP contribution in [0.15, 0.2) is 48.7 Å². The fraction of sp³-hybridized carbons (Fsp3) is 0.158. The maximum Gasteiger partial charge on any atom is 0.255 e. The van der Waals surface area contributed by atoms with E-state index in [1.54, 1.807) is 0 Å².